The van der Waals surface area contributed by atoms with Crippen LogP contribution in [-0.4, -0.2) is 20.3 Å². The first kappa shape index (κ1) is 11.9. The Morgan fingerprint density at radius 1 is 0.895 bits per heavy atom. The van der Waals surface area contributed by atoms with Crippen LogP contribution in [0.5, 0.6) is 11.5 Å². The second-order valence-electron chi connectivity index (χ2n) is 4.60. The second kappa shape index (κ2) is 5.22. The molecular formula is C16H17NO2. The van der Waals surface area contributed by atoms with Crippen molar-refractivity contribution in [2.24, 2.45) is 0 Å². The van der Waals surface area contributed by atoms with Gasteiger partial charge in [-0.25, -0.2) is 0 Å². The van der Waals surface area contributed by atoms with Gasteiger partial charge in [-0.1, -0.05) is 18.2 Å². The fourth-order valence-corrected chi connectivity index (χ4v) is 2.22. The van der Waals surface area contributed by atoms with Crippen LogP contribution in [0.3, 0.4) is 0 Å². The summed E-state index contributed by atoms with van der Waals surface area (Å²) in [6.45, 7) is 1.27. The molecule has 3 nitrogen and oxygen atoms in total. The van der Waals surface area contributed by atoms with E-state index in [0.717, 1.165) is 23.6 Å². The third kappa shape index (κ3) is 2.65. The van der Waals surface area contributed by atoms with Crippen molar-refractivity contribution in [3.63, 3.8) is 0 Å². The van der Waals surface area contributed by atoms with Crippen molar-refractivity contribution in [1.82, 2.24) is 0 Å². The van der Waals surface area contributed by atoms with Gasteiger partial charge in [0.15, 0.2) is 11.5 Å². The monoisotopic (exact) mass is 255 g/mol. The highest BCUT2D eigenvalue weighted by Crippen LogP contribution is 2.31. The molecule has 0 aromatic heterocycles. The van der Waals surface area contributed by atoms with Gasteiger partial charge in [0, 0.05) is 12.7 Å². The van der Waals surface area contributed by atoms with Crippen molar-refractivity contribution < 1.29 is 9.47 Å². The molecule has 0 atom stereocenters. The normalized spacial score (nSPS) is 13.1. The summed E-state index contributed by atoms with van der Waals surface area (Å²) in [7, 11) is 1.93. The average Bonchev–Trinajstić information content (AvgIpc) is 2.48. The van der Waals surface area contributed by atoms with Crippen molar-refractivity contribution in [2.45, 2.75) is 6.42 Å². The lowest BCUT2D eigenvalue weighted by molar-refractivity contribution is 0.171. The van der Waals surface area contributed by atoms with Crippen LogP contribution in [0.1, 0.15) is 11.1 Å². The van der Waals surface area contributed by atoms with Crippen molar-refractivity contribution >= 4 is 5.69 Å². The number of anilines is 1. The largest absolute Gasteiger partial charge is 0.486 e. The minimum atomic E-state index is 0.632. The number of fused-ring (bicyclic) bond motifs is 1. The van der Waals surface area contributed by atoms with E-state index < -0.39 is 0 Å². The van der Waals surface area contributed by atoms with Crippen LogP contribution in [0.25, 0.3) is 0 Å². The molecular weight excluding hydrogens is 238 g/mol. The summed E-state index contributed by atoms with van der Waals surface area (Å²) in [5, 5.41) is 3.12. The Hall–Kier alpha value is -2.16. The smallest absolute Gasteiger partial charge is 0.161 e. The molecule has 1 N–H and O–H groups in total. The minimum Gasteiger partial charge on any atom is -0.486 e. The first-order valence-electron chi connectivity index (χ1n) is 6.50. The van der Waals surface area contributed by atoms with Crippen molar-refractivity contribution in [3.8, 4) is 11.5 Å². The van der Waals surface area contributed by atoms with Crippen molar-refractivity contribution in [1.29, 1.82) is 0 Å². The van der Waals surface area contributed by atoms with Crippen LogP contribution in [0, 0.1) is 0 Å². The van der Waals surface area contributed by atoms with Crippen LogP contribution in [0.2, 0.25) is 0 Å². The van der Waals surface area contributed by atoms with E-state index in [4.69, 9.17) is 9.47 Å². The first-order chi connectivity index (χ1) is 9.35. The zero-order chi connectivity index (χ0) is 13.1. The number of nitrogens with one attached hydrogen (secondary N) is 1. The molecule has 3 heteroatoms. The van der Waals surface area contributed by atoms with E-state index in [0.29, 0.717) is 13.2 Å². The molecule has 0 amide bonds. The van der Waals surface area contributed by atoms with Gasteiger partial charge < -0.3 is 14.8 Å². The molecule has 0 bridgehead atoms. The molecule has 19 heavy (non-hydrogen) atoms. The summed E-state index contributed by atoms with van der Waals surface area (Å²) in [5.74, 6) is 1.70. The molecule has 0 saturated heterocycles. The summed E-state index contributed by atoms with van der Waals surface area (Å²) in [6, 6.07) is 14.6. The lowest BCUT2D eigenvalue weighted by atomic mass is 10.0. The van der Waals surface area contributed by atoms with E-state index in [-0.39, 0.29) is 0 Å². The van der Waals surface area contributed by atoms with Crippen LogP contribution in [0.4, 0.5) is 5.69 Å². The fraction of sp³-hybridized carbons (Fsp3) is 0.250. The molecule has 2 aromatic carbocycles. The Morgan fingerprint density at radius 2 is 1.58 bits per heavy atom. The van der Waals surface area contributed by atoms with E-state index in [1.54, 1.807) is 0 Å². The van der Waals surface area contributed by atoms with E-state index >= 15 is 0 Å². The highest BCUT2D eigenvalue weighted by atomic mass is 16.6. The van der Waals surface area contributed by atoms with Crippen LogP contribution >= 0.6 is 0 Å². The van der Waals surface area contributed by atoms with Crippen LogP contribution < -0.4 is 14.8 Å². The van der Waals surface area contributed by atoms with Gasteiger partial charge in [0.25, 0.3) is 0 Å². The zero-order valence-corrected chi connectivity index (χ0v) is 11.0. The van der Waals surface area contributed by atoms with Gasteiger partial charge in [0.2, 0.25) is 0 Å². The molecule has 1 heterocycles. The number of rotatable bonds is 3. The summed E-state index contributed by atoms with van der Waals surface area (Å²) in [5.41, 5.74) is 3.66. The van der Waals surface area contributed by atoms with Crippen molar-refractivity contribution in [2.75, 3.05) is 25.6 Å². The van der Waals surface area contributed by atoms with Gasteiger partial charge in [-0.3, -0.25) is 0 Å². The van der Waals surface area contributed by atoms with Crippen LogP contribution in [0.15, 0.2) is 42.5 Å². The predicted molar refractivity (Wildman–Crippen MR) is 76.2 cm³/mol. The SMILES string of the molecule is CNc1ccc(Cc2ccc3c(c2)OCCO3)cc1. The molecule has 0 spiro atoms. The molecule has 0 aliphatic carbocycles. The summed E-state index contributed by atoms with van der Waals surface area (Å²) in [6.07, 6.45) is 0.903. The van der Waals surface area contributed by atoms with Gasteiger partial charge in [0.1, 0.15) is 13.2 Å². The van der Waals surface area contributed by atoms with E-state index in [2.05, 4.69) is 41.7 Å². The Bertz CT molecular complexity index is 563. The maximum absolute atomic E-state index is 5.60. The Morgan fingerprint density at radius 3 is 2.32 bits per heavy atom. The number of hydrogen-bond acceptors (Lipinski definition) is 3. The number of ether oxygens (including phenoxy) is 2. The van der Waals surface area contributed by atoms with Gasteiger partial charge >= 0.3 is 0 Å². The predicted octanol–water partition coefficient (Wildman–Crippen LogP) is 3.09. The van der Waals surface area contributed by atoms with E-state index in [1.807, 2.05) is 13.1 Å². The third-order valence-corrected chi connectivity index (χ3v) is 3.26. The minimum absolute atomic E-state index is 0.632. The van der Waals surface area contributed by atoms with Gasteiger partial charge in [-0.15, -0.1) is 0 Å². The summed E-state index contributed by atoms with van der Waals surface area (Å²) in [4.78, 5) is 0. The zero-order valence-electron chi connectivity index (χ0n) is 11.0. The maximum atomic E-state index is 5.60. The molecule has 3 rings (SSSR count). The average molecular weight is 255 g/mol. The summed E-state index contributed by atoms with van der Waals surface area (Å²) < 4.78 is 11.1. The maximum Gasteiger partial charge on any atom is 0.161 e. The molecule has 0 unspecified atom stereocenters. The molecule has 98 valence electrons. The standard InChI is InChI=1S/C16H17NO2/c1-17-14-5-2-12(3-6-14)10-13-4-7-15-16(11-13)19-9-8-18-15/h2-7,11,17H,8-10H2,1H3. The highest BCUT2D eigenvalue weighted by Gasteiger charge is 2.11. The fourth-order valence-electron chi connectivity index (χ4n) is 2.22. The Kier molecular flexibility index (Phi) is 3.27. The number of benzene rings is 2. The lowest BCUT2D eigenvalue weighted by Crippen LogP contribution is -2.15. The van der Waals surface area contributed by atoms with Gasteiger partial charge in [0.05, 0.1) is 0 Å². The van der Waals surface area contributed by atoms with Crippen molar-refractivity contribution in [3.05, 3.63) is 53.6 Å². The molecule has 0 saturated carbocycles. The highest BCUT2D eigenvalue weighted by molar-refractivity contribution is 5.47. The molecule has 2 aromatic rings. The number of hydrogen-bond donors (Lipinski definition) is 1. The molecule has 1 aliphatic heterocycles. The Balaban J connectivity index is 1.78. The van der Waals surface area contributed by atoms with Gasteiger partial charge in [-0.05, 0) is 41.8 Å². The molecule has 0 radical (unpaired) electrons. The van der Waals surface area contributed by atoms with E-state index in [9.17, 15) is 0 Å². The second-order valence-corrected chi connectivity index (χ2v) is 4.60. The van der Waals surface area contributed by atoms with E-state index in [1.165, 1.54) is 11.1 Å². The lowest BCUT2D eigenvalue weighted by Gasteiger charge is -2.18. The summed E-state index contributed by atoms with van der Waals surface area (Å²) >= 11 is 0. The topological polar surface area (TPSA) is 30.5 Å². The molecule has 0 fully saturated rings. The van der Waals surface area contributed by atoms with Crippen LogP contribution in [-0.2, 0) is 6.42 Å². The third-order valence-electron chi connectivity index (χ3n) is 3.26. The molecule has 1 aliphatic rings. The quantitative estimate of drug-likeness (QED) is 0.914. The Labute approximate surface area is 113 Å². The van der Waals surface area contributed by atoms with Gasteiger partial charge in [-0.2, -0.15) is 0 Å². The first-order valence-corrected chi connectivity index (χ1v) is 6.50.